The SMILES string of the molecule is Cc1c(C(=O)O)sc2ncn(Nc3nccs3)c(=O)c12. The molecule has 0 aliphatic heterocycles. The van der Waals surface area contributed by atoms with Gasteiger partial charge in [-0.2, -0.15) is 0 Å². The Kier molecular flexibility index (Phi) is 2.99. The lowest BCUT2D eigenvalue weighted by Gasteiger charge is -2.05. The van der Waals surface area contributed by atoms with Gasteiger partial charge in [-0.25, -0.2) is 19.4 Å². The number of rotatable bonds is 3. The fraction of sp³-hybridized carbons (Fsp3) is 0.0909. The number of thiazole rings is 1. The van der Waals surface area contributed by atoms with E-state index in [0.29, 0.717) is 20.9 Å². The largest absolute Gasteiger partial charge is 0.477 e. The highest BCUT2D eigenvalue weighted by atomic mass is 32.1. The van der Waals surface area contributed by atoms with E-state index in [2.05, 4.69) is 15.4 Å². The fourth-order valence-corrected chi connectivity index (χ4v) is 3.29. The van der Waals surface area contributed by atoms with E-state index in [9.17, 15) is 9.59 Å². The summed E-state index contributed by atoms with van der Waals surface area (Å²) < 4.78 is 1.20. The first-order valence-electron chi connectivity index (χ1n) is 5.48. The van der Waals surface area contributed by atoms with Crippen LogP contribution in [0, 0.1) is 6.92 Å². The van der Waals surface area contributed by atoms with Crippen molar-refractivity contribution in [2.45, 2.75) is 6.92 Å². The van der Waals surface area contributed by atoms with Crippen LogP contribution in [0.1, 0.15) is 15.2 Å². The lowest BCUT2D eigenvalue weighted by molar-refractivity contribution is 0.0701. The molecule has 3 heterocycles. The summed E-state index contributed by atoms with van der Waals surface area (Å²) in [7, 11) is 0. The van der Waals surface area contributed by atoms with Crippen molar-refractivity contribution in [1.82, 2.24) is 14.6 Å². The van der Waals surface area contributed by atoms with E-state index >= 15 is 0 Å². The highest BCUT2D eigenvalue weighted by Gasteiger charge is 2.18. The van der Waals surface area contributed by atoms with Gasteiger partial charge in [0.15, 0.2) is 0 Å². The van der Waals surface area contributed by atoms with Crippen LogP contribution in [0.5, 0.6) is 0 Å². The summed E-state index contributed by atoms with van der Waals surface area (Å²) >= 11 is 2.34. The third-order valence-electron chi connectivity index (χ3n) is 2.69. The average molecular weight is 308 g/mol. The second-order valence-electron chi connectivity index (χ2n) is 3.91. The smallest absolute Gasteiger partial charge is 0.346 e. The molecule has 20 heavy (non-hydrogen) atoms. The van der Waals surface area contributed by atoms with Crippen molar-refractivity contribution in [3.63, 3.8) is 0 Å². The Morgan fingerprint density at radius 1 is 1.45 bits per heavy atom. The lowest BCUT2D eigenvalue weighted by Crippen LogP contribution is -2.26. The van der Waals surface area contributed by atoms with Crippen LogP contribution in [0.2, 0.25) is 0 Å². The molecule has 0 aliphatic rings. The van der Waals surface area contributed by atoms with E-state index in [1.165, 1.54) is 22.3 Å². The molecule has 0 bridgehead atoms. The molecule has 0 unspecified atom stereocenters. The number of hydrogen-bond acceptors (Lipinski definition) is 7. The van der Waals surface area contributed by atoms with Gasteiger partial charge in [-0.05, 0) is 12.5 Å². The Balaban J connectivity index is 2.17. The van der Waals surface area contributed by atoms with Gasteiger partial charge in [0.05, 0.1) is 5.39 Å². The van der Waals surface area contributed by atoms with Crippen LogP contribution in [0.25, 0.3) is 10.2 Å². The van der Waals surface area contributed by atoms with Gasteiger partial charge in [0.25, 0.3) is 5.56 Å². The number of carboxylic acids is 1. The third-order valence-corrected chi connectivity index (χ3v) is 4.56. The molecule has 0 saturated carbocycles. The van der Waals surface area contributed by atoms with Crippen LogP contribution in [0.3, 0.4) is 0 Å². The summed E-state index contributed by atoms with van der Waals surface area (Å²) in [6.45, 7) is 1.61. The Hall–Kier alpha value is -2.26. The molecule has 0 aromatic carbocycles. The maximum Gasteiger partial charge on any atom is 0.346 e. The molecule has 102 valence electrons. The average Bonchev–Trinajstić information content (AvgIpc) is 3.01. The molecule has 7 nitrogen and oxygen atoms in total. The van der Waals surface area contributed by atoms with Crippen LogP contribution >= 0.6 is 22.7 Å². The van der Waals surface area contributed by atoms with E-state index < -0.39 is 5.97 Å². The summed E-state index contributed by atoms with van der Waals surface area (Å²) in [5, 5.41) is 11.7. The number of hydrogen-bond donors (Lipinski definition) is 2. The molecule has 0 saturated heterocycles. The fourth-order valence-electron chi connectivity index (χ4n) is 1.79. The Bertz CT molecular complexity index is 851. The normalized spacial score (nSPS) is 10.8. The minimum atomic E-state index is -1.05. The van der Waals surface area contributed by atoms with E-state index in [4.69, 9.17) is 5.11 Å². The molecule has 0 atom stereocenters. The minimum Gasteiger partial charge on any atom is -0.477 e. The molecule has 3 aromatic rings. The lowest BCUT2D eigenvalue weighted by atomic mass is 10.2. The van der Waals surface area contributed by atoms with Crippen LogP contribution in [-0.4, -0.2) is 25.7 Å². The number of nitrogens with zero attached hydrogens (tertiary/aromatic N) is 3. The Morgan fingerprint density at radius 2 is 2.25 bits per heavy atom. The van der Waals surface area contributed by atoms with Crippen molar-refractivity contribution in [3.8, 4) is 0 Å². The topological polar surface area (TPSA) is 97.1 Å². The molecule has 3 aromatic heterocycles. The van der Waals surface area contributed by atoms with Crippen molar-refractivity contribution in [2.75, 3.05) is 5.43 Å². The number of fused-ring (bicyclic) bond motifs is 1. The first-order valence-corrected chi connectivity index (χ1v) is 7.18. The number of nitrogens with one attached hydrogen (secondary N) is 1. The summed E-state index contributed by atoms with van der Waals surface area (Å²) in [5.41, 5.74) is 2.91. The molecule has 0 fully saturated rings. The number of carbonyl (C=O) groups is 1. The Morgan fingerprint density at radius 3 is 2.90 bits per heavy atom. The zero-order valence-electron chi connectivity index (χ0n) is 10.2. The third kappa shape index (κ3) is 1.96. The number of aromatic carboxylic acids is 1. The summed E-state index contributed by atoms with van der Waals surface area (Å²) in [6.07, 6.45) is 2.94. The molecule has 3 rings (SSSR count). The predicted molar refractivity (Wildman–Crippen MR) is 76.7 cm³/mol. The highest BCUT2D eigenvalue weighted by molar-refractivity contribution is 7.20. The minimum absolute atomic E-state index is 0.136. The zero-order valence-corrected chi connectivity index (χ0v) is 11.8. The summed E-state index contributed by atoms with van der Waals surface area (Å²) in [4.78, 5) is 32.1. The monoisotopic (exact) mass is 308 g/mol. The molecular weight excluding hydrogens is 300 g/mol. The summed E-state index contributed by atoms with van der Waals surface area (Å²) in [6, 6.07) is 0. The molecule has 0 aliphatic carbocycles. The van der Waals surface area contributed by atoms with Gasteiger partial charge in [0, 0.05) is 11.6 Å². The van der Waals surface area contributed by atoms with Crippen molar-refractivity contribution in [1.29, 1.82) is 0 Å². The first kappa shape index (κ1) is 12.8. The van der Waals surface area contributed by atoms with Gasteiger partial charge < -0.3 is 5.11 Å². The molecule has 0 amide bonds. The highest BCUT2D eigenvalue weighted by Crippen LogP contribution is 2.26. The molecule has 9 heteroatoms. The van der Waals surface area contributed by atoms with Gasteiger partial charge in [0.1, 0.15) is 16.0 Å². The van der Waals surface area contributed by atoms with Crippen LogP contribution < -0.4 is 11.0 Å². The van der Waals surface area contributed by atoms with Crippen molar-refractivity contribution in [3.05, 3.63) is 38.7 Å². The van der Waals surface area contributed by atoms with Crippen molar-refractivity contribution in [2.24, 2.45) is 0 Å². The van der Waals surface area contributed by atoms with E-state index in [1.54, 1.807) is 18.5 Å². The van der Waals surface area contributed by atoms with Gasteiger partial charge >= 0.3 is 5.97 Å². The van der Waals surface area contributed by atoms with Crippen molar-refractivity contribution < 1.29 is 9.90 Å². The van der Waals surface area contributed by atoms with E-state index in [1.807, 2.05) is 0 Å². The maximum atomic E-state index is 12.4. The van der Waals surface area contributed by atoms with E-state index in [-0.39, 0.29) is 10.4 Å². The van der Waals surface area contributed by atoms with Crippen LogP contribution in [0.4, 0.5) is 5.13 Å². The molecule has 0 radical (unpaired) electrons. The van der Waals surface area contributed by atoms with Gasteiger partial charge in [0.2, 0.25) is 5.13 Å². The van der Waals surface area contributed by atoms with Gasteiger partial charge in [-0.15, -0.1) is 22.7 Å². The molecule has 2 N–H and O–H groups in total. The molecule has 0 spiro atoms. The number of thiophene rings is 1. The standard InChI is InChI=1S/C11H8N4O3S2/c1-5-6-8(20-7(5)10(17)18)13-4-15(9(6)16)14-11-12-2-3-19-11/h2-4H,1H3,(H,12,14)(H,17,18). The predicted octanol–water partition coefficient (Wildman–Crippen LogP) is 1.80. The second-order valence-corrected chi connectivity index (χ2v) is 5.80. The van der Waals surface area contributed by atoms with Crippen LogP contribution in [0.15, 0.2) is 22.7 Å². The summed E-state index contributed by atoms with van der Waals surface area (Å²) in [5.74, 6) is -1.05. The Labute approximate surface area is 120 Å². The number of anilines is 1. The zero-order chi connectivity index (χ0) is 14.3. The number of aromatic nitrogens is 3. The number of aryl methyl sites for hydroxylation is 1. The van der Waals surface area contributed by atoms with Crippen LogP contribution in [-0.2, 0) is 0 Å². The van der Waals surface area contributed by atoms with Gasteiger partial charge in [-0.1, -0.05) is 0 Å². The molecular formula is C11H8N4O3S2. The maximum absolute atomic E-state index is 12.4. The second kappa shape index (κ2) is 4.69. The quantitative estimate of drug-likeness (QED) is 0.765. The van der Waals surface area contributed by atoms with E-state index in [0.717, 1.165) is 11.3 Å². The number of carboxylic acid groups (broad SMARTS) is 1. The first-order chi connectivity index (χ1) is 9.58. The van der Waals surface area contributed by atoms with Gasteiger partial charge in [-0.3, -0.25) is 10.2 Å². The van der Waals surface area contributed by atoms with Crippen molar-refractivity contribution >= 4 is 44.0 Å².